The smallest absolute Gasteiger partial charge is 0.304 e. The largest absolute Gasteiger partial charge is 0.459 e. The molecular formula is C12H16O6. The van der Waals surface area contributed by atoms with Crippen LogP contribution in [0.5, 0.6) is 0 Å². The van der Waals surface area contributed by atoms with Crippen molar-refractivity contribution in [2.24, 2.45) is 0 Å². The van der Waals surface area contributed by atoms with Crippen LogP contribution in [0, 0.1) is 12.3 Å². The van der Waals surface area contributed by atoms with Crippen LogP contribution in [0.3, 0.4) is 0 Å². The quantitative estimate of drug-likeness (QED) is 0.403. The molecule has 0 unspecified atom stereocenters. The van der Waals surface area contributed by atoms with Gasteiger partial charge in [0.2, 0.25) is 6.10 Å². The van der Waals surface area contributed by atoms with Crippen LogP contribution in [0.2, 0.25) is 0 Å². The summed E-state index contributed by atoms with van der Waals surface area (Å²) in [6.07, 6.45) is 2.23. The van der Waals surface area contributed by atoms with Crippen molar-refractivity contribution in [3.05, 3.63) is 0 Å². The highest BCUT2D eigenvalue weighted by atomic mass is 16.6. The van der Waals surface area contributed by atoms with E-state index in [1.165, 1.54) is 27.7 Å². The monoisotopic (exact) mass is 256 g/mol. The minimum Gasteiger partial charge on any atom is -0.459 e. The molecule has 0 saturated heterocycles. The molecule has 0 fully saturated rings. The second-order valence-corrected chi connectivity index (χ2v) is 3.59. The molecule has 0 N–H and O–H groups in total. The highest BCUT2D eigenvalue weighted by molar-refractivity contribution is 5.68. The van der Waals surface area contributed by atoms with E-state index in [0.717, 1.165) is 0 Å². The fourth-order valence-electron chi connectivity index (χ4n) is 1.30. The van der Waals surface area contributed by atoms with Gasteiger partial charge in [-0.2, -0.15) is 0 Å². The number of ether oxygens (including phenoxy) is 3. The van der Waals surface area contributed by atoms with Gasteiger partial charge in [-0.05, 0) is 6.92 Å². The summed E-state index contributed by atoms with van der Waals surface area (Å²) >= 11 is 0. The van der Waals surface area contributed by atoms with E-state index < -0.39 is 36.2 Å². The molecular weight excluding hydrogens is 240 g/mol. The zero-order valence-corrected chi connectivity index (χ0v) is 10.8. The Hall–Kier alpha value is -2.03. The first-order valence-electron chi connectivity index (χ1n) is 5.25. The van der Waals surface area contributed by atoms with Gasteiger partial charge in [0, 0.05) is 20.8 Å². The van der Waals surface area contributed by atoms with Crippen LogP contribution < -0.4 is 0 Å². The van der Waals surface area contributed by atoms with Gasteiger partial charge in [0.25, 0.3) is 0 Å². The van der Waals surface area contributed by atoms with Crippen LogP contribution in [0.25, 0.3) is 0 Å². The van der Waals surface area contributed by atoms with E-state index in [-0.39, 0.29) is 0 Å². The summed E-state index contributed by atoms with van der Waals surface area (Å²) < 4.78 is 14.6. The summed E-state index contributed by atoms with van der Waals surface area (Å²) in [6, 6.07) is 0. The van der Waals surface area contributed by atoms with Crippen LogP contribution in [-0.2, 0) is 28.6 Å². The first kappa shape index (κ1) is 16.0. The van der Waals surface area contributed by atoms with Gasteiger partial charge in [-0.15, -0.1) is 6.42 Å². The van der Waals surface area contributed by atoms with E-state index in [2.05, 4.69) is 5.92 Å². The Balaban J connectivity index is 4.94. The molecule has 0 spiro atoms. The molecule has 0 heterocycles. The Kier molecular flexibility index (Phi) is 6.50. The third-order valence-corrected chi connectivity index (χ3v) is 1.87. The zero-order valence-electron chi connectivity index (χ0n) is 10.8. The maximum absolute atomic E-state index is 11.0. The minimum absolute atomic E-state index is 0.557. The van der Waals surface area contributed by atoms with Crippen molar-refractivity contribution in [2.75, 3.05) is 0 Å². The highest BCUT2D eigenvalue weighted by Gasteiger charge is 2.32. The lowest BCUT2D eigenvalue weighted by Gasteiger charge is -2.27. The van der Waals surface area contributed by atoms with E-state index in [9.17, 15) is 14.4 Å². The second kappa shape index (κ2) is 7.33. The predicted molar refractivity (Wildman–Crippen MR) is 61.2 cm³/mol. The second-order valence-electron chi connectivity index (χ2n) is 3.59. The van der Waals surface area contributed by atoms with Gasteiger partial charge >= 0.3 is 17.9 Å². The van der Waals surface area contributed by atoms with Gasteiger partial charge in [0.1, 0.15) is 6.10 Å². The van der Waals surface area contributed by atoms with Crippen LogP contribution in [0.1, 0.15) is 27.7 Å². The first-order valence-corrected chi connectivity index (χ1v) is 5.25. The molecule has 0 aliphatic heterocycles. The van der Waals surface area contributed by atoms with Crippen LogP contribution >= 0.6 is 0 Å². The average Bonchev–Trinajstić information content (AvgIpc) is 2.21. The Morgan fingerprint density at radius 1 is 0.944 bits per heavy atom. The maximum Gasteiger partial charge on any atom is 0.304 e. The predicted octanol–water partition coefficient (Wildman–Crippen LogP) is 0.435. The summed E-state index contributed by atoms with van der Waals surface area (Å²) in [5.74, 6) is 0.385. The minimum atomic E-state index is -1.11. The van der Waals surface area contributed by atoms with Crippen molar-refractivity contribution in [2.45, 2.75) is 46.0 Å². The standard InChI is InChI=1S/C12H16O6/c1-6-11(17-9(4)14)12(18-10(5)15)7(2)16-8(3)13/h1,7,11-12H,2-5H3/t7-,11+,12-/m1/s1. The topological polar surface area (TPSA) is 78.9 Å². The van der Waals surface area contributed by atoms with Gasteiger partial charge < -0.3 is 14.2 Å². The molecule has 6 nitrogen and oxygen atoms in total. The van der Waals surface area contributed by atoms with Crippen molar-refractivity contribution >= 4 is 17.9 Å². The SMILES string of the molecule is C#C[C@H](OC(C)=O)[C@H](OC(C)=O)[C@@H](C)OC(C)=O. The third-order valence-electron chi connectivity index (χ3n) is 1.87. The Bertz CT molecular complexity index is 367. The Labute approximate surface area is 106 Å². The lowest BCUT2D eigenvalue weighted by Crippen LogP contribution is -2.43. The van der Waals surface area contributed by atoms with Gasteiger partial charge in [-0.25, -0.2) is 0 Å². The Morgan fingerprint density at radius 2 is 1.39 bits per heavy atom. The highest BCUT2D eigenvalue weighted by Crippen LogP contribution is 2.13. The number of hydrogen-bond donors (Lipinski definition) is 0. The van der Waals surface area contributed by atoms with Crippen molar-refractivity contribution in [1.29, 1.82) is 0 Å². The summed E-state index contributed by atoms with van der Waals surface area (Å²) in [5, 5.41) is 0. The fraction of sp³-hybridized carbons (Fsp3) is 0.583. The van der Waals surface area contributed by atoms with Crippen molar-refractivity contribution in [3.63, 3.8) is 0 Å². The molecule has 0 aliphatic carbocycles. The van der Waals surface area contributed by atoms with E-state index in [1.54, 1.807) is 0 Å². The summed E-state index contributed by atoms with van der Waals surface area (Å²) in [7, 11) is 0. The van der Waals surface area contributed by atoms with E-state index in [0.29, 0.717) is 0 Å². The van der Waals surface area contributed by atoms with Crippen molar-refractivity contribution in [3.8, 4) is 12.3 Å². The lowest BCUT2D eigenvalue weighted by atomic mass is 10.1. The van der Waals surface area contributed by atoms with E-state index in [4.69, 9.17) is 20.6 Å². The fourth-order valence-corrected chi connectivity index (χ4v) is 1.30. The normalized spacial score (nSPS) is 14.6. The number of hydrogen-bond acceptors (Lipinski definition) is 6. The van der Waals surface area contributed by atoms with Gasteiger partial charge in [0.15, 0.2) is 6.10 Å². The molecule has 0 amide bonds. The first-order chi connectivity index (χ1) is 8.27. The summed E-state index contributed by atoms with van der Waals surface area (Å²) in [6.45, 7) is 5.04. The molecule has 0 aromatic heterocycles. The van der Waals surface area contributed by atoms with E-state index in [1.807, 2.05) is 0 Å². The molecule has 0 rings (SSSR count). The number of rotatable bonds is 5. The average molecular weight is 256 g/mol. The number of carbonyl (C=O) groups excluding carboxylic acids is 3. The lowest BCUT2D eigenvalue weighted by molar-refractivity contribution is -0.176. The molecule has 0 saturated carbocycles. The van der Waals surface area contributed by atoms with Gasteiger partial charge in [0.05, 0.1) is 0 Å². The third kappa shape index (κ3) is 5.89. The van der Waals surface area contributed by atoms with Crippen LogP contribution in [0.15, 0.2) is 0 Å². The maximum atomic E-state index is 11.0. The molecule has 6 heteroatoms. The number of carbonyl (C=O) groups is 3. The van der Waals surface area contributed by atoms with Gasteiger partial charge in [-0.3, -0.25) is 14.4 Å². The number of esters is 3. The summed E-state index contributed by atoms with van der Waals surface area (Å²) in [4.78, 5) is 32.7. The molecule has 100 valence electrons. The molecule has 0 bridgehead atoms. The van der Waals surface area contributed by atoms with E-state index >= 15 is 0 Å². The van der Waals surface area contributed by atoms with Gasteiger partial charge in [-0.1, -0.05) is 5.92 Å². The molecule has 3 atom stereocenters. The van der Waals surface area contributed by atoms with Crippen molar-refractivity contribution in [1.82, 2.24) is 0 Å². The molecule has 0 aromatic rings. The molecule has 0 aliphatic rings. The number of terminal acetylenes is 1. The van der Waals surface area contributed by atoms with Crippen molar-refractivity contribution < 1.29 is 28.6 Å². The van der Waals surface area contributed by atoms with Crippen LogP contribution in [0.4, 0.5) is 0 Å². The molecule has 0 aromatic carbocycles. The summed E-state index contributed by atoms with van der Waals surface area (Å²) in [5.41, 5.74) is 0. The molecule has 18 heavy (non-hydrogen) atoms. The van der Waals surface area contributed by atoms with Crippen LogP contribution in [-0.4, -0.2) is 36.2 Å². The molecule has 0 radical (unpaired) electrons. The zero-order chi connectivity index (χ0) is 14.3. The Morgan fingerprint density at radius 3 is 1.72 bits per heavy atom.